The van der Waals surface area contributed by atoms with Crippen molar-refractivity contribution in [3.05, 3.63) is 0 Å². The van der Waals surface area contributed by atoms with Gasteiger partial charge in [-0.15, -0.1) is 0 Å². The van der Waals surface area contributed by atoms with Crippen molar-refractivity contribution >= 4 is 5.97 Å². The highest BCUT2D eigenvalue weighted by Gasteiger charge is 2.14. The van der Waals surface area contributed by atoms with E-state index >= 15 is 0 Å². The Bertz CT molecular complexity index is 123. The molecular weight excluding hydrogens is 142 g/mol. The van der Waals surface area contributed by atoms with Crippen LogP contribution in [0.1, 0.15) is 33.1 Å². The highest BCUT2D eigenvalue weighted by atomic mass is 16.4. The Morgan fingerprint density at radius 3 is 2.36 bits per heavy atom. The smallest absolute Gasteiger partial charge is 0.306 e. The van der Waals surface area contributed by atoms with Crippen molar-refractivity contribution in [2.24, 2.45) is 11.7 Å². The molecule has 3 nitrogen and oxygen atoms in total. The van der Waals surface area contributed by atoms with E-state index in [4.69, 9.17) is 10.8 Å². The predicted molar refractivity (Wildman–Crippen MR) is 44.3 cm³/mol. The lowest BCUT2D eigenvalue weighted by Gasteiger charge is -2.10. The van der Waals surface area contributed by atoms with E-state index in [0.717, 1.165) is 6.42 Å². The monoisotopic (exact) mass is 159 g/mol. The molecule has 0 amide bonds. The summed E-state index contributed by atoms with van der Waals surface area (Å²) in [5.74, 6) is -0.908. The van der Waals surface area contributed by atoms with Gasteiger partial charge in [0.25, 0.3) is 0 Å². The van der Waals surface area contributed by atoms with Crippen LogP contribution in [0.4, 0.5) is 0 Å². The first-order valence-electron chi connectivity index (χ1n) is 4.06. The molecule has 0 aliphatic rings. The number of rotatable bonds is 5. The van der Waals surface area contributed by atoms with Crippen molar-refractivity contribution in [1.29, 1.82) is 0 Å². The molecule has 0 aromatic heterocycles. The topological polar surface area (TPSA) is 63.3 Å². The molecule has 11 heavy (non-hydrogen) atoms. The molecule has 0 bridgehead atoms. The average Bonchev–Trinajstić information content (AvgIpc) is 1.87. The van der Waals surface area contributed by atoms with Crippen molar-refractivity contribution in [2.75, 3.05) is 0 Å². The van der Waals surface area contributed by atoms with Crippen molar-refractivity contribution in [2.45, 2.75) is 39.2 Å². The van der Waals surface area contributed by atoms with E-state index in [9.17, 15) is 4.79 Å². The van der Waals surface area contributed by atoms with Gasteiger partial charge in [-0.3, -0.25) is 4.79 Å². The minimum Gasteiger partial charge on any atom is -0.481 e. The number of hydrogen-bond donors (Lipinski definition) is 2. The lowest BCUT2D eigenvalue weighted by molar-refractivity contribution is -0.142. The van der Waals surface area contributed by atoms with Crippen molar-refractivity contribution < 1.29 is 9.90 Å². The molecule has 0 aromatic carbocycles. The van der Waals surface area contributed by atoms with Crippen LogP contribution in [0.5, 0.6) is 0 Å². The Balaban J connectivity index is 3.61. The molecule has 66 valence electrons. The summed E-state index contributed by atoms with van der Waals surface area (Å²) in [4.78, 5) is 10.5. The van der Waals surface area contributed by atoms with Crippen LogP contribution in [0.15, 0.2) is 0 Å². The van der Waals surface area contributed by atoms with Gasteiger partial charge in [-0.05, 0) is 26.2 Å². The third-order valence-corrected chi connectivity index (χ3v) is 1.81. The van der Waals surface area contributed by atoms with Crippen LogP contribution in [0.25, 0.3) is 0 Å². The summed E-state index contributed by atoms with van der Waals surface area (Å²) in [5.41, 5.74) is 5.50. The van der Waals surface area contributed by atoms with Crippen LogP contribution in [-0.2, 0) is 4.79 Å². The summed E-state index contributed by atoms with van der Waals surface area (Å²) >= 11 is 0. The molecule has 0 rings (SSSR count). The molecule has 3 N–H and O–H groups in total. The van der Waals surface area contributed by atoms with Crippen LogP contribution in [0.3, 0.4) is 0 Å². The largest absolute Gasteiger partial charge is 0.481 e. The van der Waals surface area contributed by atoms with Gasteiger partial charge in [-0.1, -0.05) is 6.92 Å². The van der Waals surface area contributed by atoms with E-state index in [0.29, 0.717) is 12.8 Å². The zero-order chi connectivity index (χ0) is 8.85. The van der Waals surface area contributed by atoms with Crippen molar-refractivity contribution in [3.63, 3.8) is 0 Å². The van der Waals surface area contributed by atoms with E-state index in [-0.39, 0.29) is 12.0 Å². The third-order valence-electron chi connectivity index (χ3n) is 1.81. The Labute approximate surface area is 67.6 Å². The molecule has 3 heteroatoms. The molecule has 0 saturated carbocycles. The van der Waals surface area contributed by atoms with Gasteiger partial charge in [-0.2, -0.15) is 0 Å². The molecule has 0 radical (unpaired) electrons. The van der Waals surface area contributed by atoms with E-state index in [2.05, 4.69) is 0 Å². The molecular formula is C8H17NO2. The molecule has 2 atom stereocenters. The number of hydrogen-bond acceptors (Lipinski definition) is 2. The number of carboxylic acids is 1. The molecule has 0 aromatic rings. The van der Waals surface area contributed by atoms with Gasteiger partial charge in [-0.25, -0.2) is 0 Å². The maximum Gasteiger partial charge on any atom is 0.306 e. The van der Waals surface area contributed by atoms with E-state index in [1.165, 1.54) is 0 Å². The summed E-state index contributed by atoms with van der Waals surface area (Å²) < 4.78 is 0. The molecule has 0 saturated heterocycles. The van der Waals surface area contributed by atoms with Gasteiger partial charge in [0.15, 0.2) is 0 Å². The first-order valence-corrected chi connectivity index (χ1v) is 4.06. The van der Waals surface area contributed by atoms with Gasteiger partial charge in [0.2, 0.25) is 0 Å². The number of aliphatic carboxylic acids is 1. The second kappa shape index (κ2) is 5.13. The Morgan fingerprint density at radius 1 is 1.55 bits per heavy atom. The van der Waals surface area contributed by atoms with Crippen LogP contribution in [0.2, 0.25) is 0 Å². The summed E-state index contributed by atoms with van der Waals surface area (Å²) in [6, 6.07) is 0.114. The first-order chi connectivity index (χ1) is 5.07. The number of carboxylic acid groups (broad SMARTS) is 1. The standard InChI is InChI=1S/C8H17NO2/c1-3-7(8(10)11)5-4-6(2)9/h6-7H,3-5,9H2,1-2H3,(H,10,11)/t6?,7-/m0/s1. The van der Waals surface area contributed by atoms with Gasteiger partial charge in [0.1, 0.15) is 0 Å². The van der Waals surface area contributed by atoms with Gasteiger partial charge < -0.3 is 10.8 Å². The maximum atomic E-state index is 10.5. The van der Waals surface area contributed by atoms with Crippen LogP contribution >= 0.6 is 0 Å². The second-order valence-electron chi connectivity index (χ2n) is 3.00. The van der Waals surface area contributed by atoms with E-state index < -0.39 is 5.97 Å². The minimum absolute atomic E-state index is 0.114. The zero-order valence-electron chi connectivity index (χ0n) is 7.21. The van der Waals surface area contributed by atoms with Gasteiger partial charge in [0, 0.05) is 6.04 Å². The average molecular weight is 159 g/mol. The zero-order valence-corrected chi connectivity index (χ0v) is 7.21. The molecule has 1 unspecified atom stereocenters. The molecule has 0 spiro atoms. The molecule has 0 heterocycles. The Morgan fingerprint density at radius 2 is 2.09 bits per heavy atom. The fourth-order valence-corrected chi connectivity index (χ4v) is 0.966. The minimum atomic E-state index is -0.701. The van der Waals surface area contributed by atoms with Gasteiger partial charge in [0.05, 0.1) is 5.92 Å². The first kappa shape index (κ1) is 10.4. The van der Waals surface area contributed by atoms with Crippen molar-refractivity contribution in [1.82, 2.24) is 0 Å². The summed E-state index contributed by atoms with van der Waals surface area (Å²) in [5, 5.41) is 8.65. The van der Waals surface area contributed by atoms with Gasteiger partial charge >= 0.3 is 5.97 Å². The maximum absolute atomic E-state index is 10.5. The highest BCUT2D eigenvalue weighted by molar-refractivity contribution is 5.69. The van der Waals surface area contributed by atoms with Crippen molar-refractivity contribution in [3.8, 4) is 0 Å². The van der Waals surface area contributed by atoms with Crippen LogP contribution in [-0.4, -0.2) is 17.1 Å². The normalized spacial score (nSPS) is 15.9. The van der Waals surface area contributed by atoms with Crippen LogP contribution < -0.4 is 5.73 Å². The second-order valence-corrected chi connectivity index (χ2v) is 3.00. The summed E-state index contributed by atoms with van der Waals surface area (Å²) in [6.07, 6.45) is 2.19. The fraction of sp³-hybridized carbons (Fsp3) is 0.875. The fourth-order valence-electron chi connectivity index (χ4n) is 0.966. The highest BCUT2D eigenvalue weighted by Crippen LogP contribution is 2.11. The lowest BCUT2D eigenvalue weighted by Crippen LogP contribution is -2.19. The Hall–Kier alpha value is -0.570. The molecule has 0 fully saturated rings. The third kappa shape index (κ3) is 4.79. The Kier molecular flexibility index (Phi) is 4.86. The molecule has 0 aliphatic heterocycles. The predicted octanol–water partition coefficient (Wildman–Crippen LogP) is 1.22. The number of carbonyl (C=O) groups is 1. The van der Waals surface area contributed by atoms with Crippen LogP contribution in [0, 0.1) is 5.92 Å². The quantitative estimate of drug-likeness (QED) is 0.634. The lowest BCUT2D eigenvalue weighted by atomic mass is 9.98. The van der Waals surface area contributed by atoms with E-state index in [1.54, 1.807) is 0 Å². The summed E-state index contributed by atoms with van der Waals surface area (Å²) in [6.45, 7) is 3.79. The SMILES string of the molecule is CC[C@@H](CCC(C)N)C(=O)O. The number of nitrogens with two attached hydrogens (primary N) is 1. The van der Waals surface area contributed by atoms with E-state index in [1.807, 2.05) is 13.8 Å². The summed E-state index contributed by atoms with van der Waals surface area (Å²) in [7, 11) is 0. The molecule has 0 aliphatic carbocycles.